The first-order valence-electron chi connectivity index (χ1n) is 5.47. The number of rotatable bonds is 2. The number of aliphatic hydroxyl groups excluding tert-OH is 1. The summed E-state index contributed by atoms with van der Waals surface area (Å²) in [5.74, 6) is 0.271. The van der Waals surface area contributed by atoms with Gasteiger partial charge < -0.3 is 10.1 Å². The maximum absolute atomic E-state index is 11.9. The molecule has 1 atom stereocenters. The third-order valence-corrected chi connectivity index (χ3v) is 3.13. The van der Waals surface area contributed by atoms with Gasteiger partial charge in [-0.2, -0.15) is 9.97 Å². The minimum atomic E-state index is -0.0836. The van der Waals surface area contributed by atoms with Crippen molar-refractivity contribution in [2.24, 2.45) is 5.92 Å². The highest BCUT2D eigenvalue weighted by Gasteiger charge is 2.32. The molecule has 18 heavy (non-hydrogen) atoms. The summed E-state index contributed by atoms with van der Waals surface area (Å²) in [6.07, 6.45) is 1.79. The van der Waals surface area contributed by atoms with E-state index in [0.29, 0.717) is 29.9 Å². The van der Waals surface area contributed by atoms with Gasteiger partial charge in [-0.05, 0) is 11.6 Å². The summed E-state index contributed by atoms with van der Waals surface area (Å²) < 4.78 is 0. The van der Waals surface area contributed by atoms with Crippen LogP contribution in [0.5, 0.6) is 0 Å². The number of nitrogens with zero attached hydrogens (tertiary/aromatic N) is 4. The van der Waals surface area contributed by atoms with Crippen LogP contribution in [0.4, 0.5) is 5.82 Å². The lowest BCUT2D eigenvalue weighted by atomic mass is 10.1. The van der Waals surface area contributed by atoms with Crippen molar-refractivity contribution in [1.29, 1.82) is 0 Å². The number of anilines is 1. The van der Waals surface area contributed by atoms with Crippen LogP contribution in [0, 0.1) is 5.92 Å². The van der Waals surface area contributed by atoms with Gasteiger partial charge in [-0.25, -0.2) is 4.98 Å². The number of hydrogen-bond acceptors (Lipinski definition) is 5. The van der Waals surface area contributed by atoms with Crippen molar-refractivity contribution in [2.75, 3.05) is 18.1 Å². The number of H-pyrrole nitrogens is 1. The second-order valence-corrected chi connectivity index (χ2v) is 4.51. The Kier molecular flexibility index (Phi) is 2.64. The van der Waals surface area contributed by atoms with Crippen LogP contribution < -0.4 is 4.90 Å². The molecule has 1 unspecified atom stereocenters. The zero-order chi connectivity index (χ0) is 12.7. The van der Waals surface area contributed by atoms with Crippen LogP contribution in [-0.2, 0) is 4.79 Å². The number of aliphatic hydroxyl groups is 1. The molecule has 7 nitrogen and oxygen atoms in total. The highest BCUT2D eigenvalue weighted by molar-refractivity contribution is 6.28. The SMILES string of the molecule is O=C1CC(CO)CN1c1nc(Cl)nc2nc[nH]c12. The summed E-state index contributed by atoms with van der Waals surface area (Å²) in [5.41, 5.74) is 0.997. The second-order valence-electron chi connectivity index (χ2n) is 4.17. The molecule has 0 spiro atoms. The van der Waals surface area contributed by atoms with Gasteiger partial charge in [0, 0.05) is 25.5 Å². The van der Waals surface area contributed by atoms with Gasteiger partial charge in [0.15, 0.2) is 11.5 Å². The molecule has 2 aromatic heterocycles. The Bertz CT molecular complexity index is 613. The molecule has 8 heteroatoms. The lowest BCUT2D eigenvalue weighted by Crippen LogP contribution is -2.26. The van der Waals surface area contributed by atoms with Crippen molar-refractivity contribution in [3.63, 3.8) is 0 Å². The number of halogens is 1. The fraction of sp³-hybridized carbons (Fsp3) is 0.400. The summed E-state index contributed by atoms with van der Waals surface area (Å²) in [5, 5.41) is 9.16. The third kappa shape index (κ3) is 1.72. The van der Waals surface area contributed by atoms with E-state index in [1.54, 1.807) is 0 Å². The lowest BCUT2D eigenvalue weighted by molar-refractivity contribution is -0.117. The van der Waals surface area contributed by atoms with Gasteiger partial charge in [0.1, 0.15) is 5.52 Å². The number of imidazole rings is 1. The number of hydrogen-bond donors (Lipinski definition) is 2. The summed E-state index contributed by atoms with van der Waals surface area (Å²) in [4.78, 5) is 28.3. The van der Waals surface area contributed by atoms with E-state index >= 15 is 0 Å². The number of carbonyl (C=O) groups is 1. The van der Waals surface area contributed by atoms with Gasteiger partial charge in [0.05, 0.1) is 6.33 Å². The number of fused-ring (bicyclic) bond motifs is 1. The van der Waals surface area contributed by atoms with Gasteiger partial charge in [0.25, 0.3) is 0 Å². The van der Waals surface area contributed by atoms with Gasteiger partial charge in [0.2, 0.25) is 11.2 Å². The molecule has 1 fully saturated rings. The van der Waals surface area contributed by atoms with Crippen LogP contribution in [0.3, 0.4) is 0 Å². The molecule has 2 aromatic rings. The van der Waals surface area contributed by atoms with Crippen LogP contribution in [0.25, 0.3) is 11.2 Å². The van der Waals surface area contributed by atoms with Crippen LogP contribution in [0.2, 0.25) is 5.28 Å². The van der Waals surface area contributed by atoms with Crippen LogP contribution in [0.1, 0.15) is 6.42 Å². The molecule has 0 radical (unpaired) electrons. The average molecular weight is 268 g/mol. The molecule has 94 valence electrons. The van der Waals surface area contributed by atoms with E-state index in [1.807, 2.05) is 0 Å². The summed E-state index contributed by atoms with van der Waals surface area (Å²) in [7, 11) is 0. The molecule has 3 rings (SSSR count). The molecule has 0 aromatic carbocycles. The van der Waals surface area contributed by atoms with E-state index in [1.165, 1.54) is 11.2 Å². The van der Waals surface area contributed by atoms with Crippen LogP contribution in [0.15, 0.2) is 6.33 Å². The zero-order valence-electron chi connectivity index (χ0n) is 9.30. The summed E-state index contributed by atoms with van der Waals surface area (Å²) in [6, 6.07) is 0. The Labute approximate surface area is 107 Å². The standard InChI is InChI=1S/C10H10ClN5O2/c11-10-14-8-7(12-4-13-8)9(15-10)16-2-5(3-17)1-6(16)18/h4-5,17H,1-3H2,(H,12,13,14,15). The largest absolute Gasteiger partial charge is 0.396 e. The number of aromatic amines is 1. The molecule has 1 saturated heterocycles. The van der Waals surface area contributed by atoms with E-state index in [-0.39, 0.29) is 23.7 Å². The van der Waals surface area contributed by atoms with E-state index in [4.69, 9.17) is 16.7 Å². The smallest absolute Gasteiger partial charge is 0.228 e. The first-order chi connectivity index (χ1) is 8.69. The number of carbonyl (C=O) groups excluding carboxylic acids is 1. The fourth-order valence-corrected chi connectivity index (χ4v) is 2.26. The molecule has 1 amide bonds. The lowest BCUT2D eigenvalue weighted by Gasteiger charge is -2.15. The molecule has 0 saturated carbocycles. The first kappa shape index (κ1) is 11.4. The van der Waals surface area contributed by atoms with Crippen LogP contribution >= 0.6 is 11.6 Å². The topological polar surface area (TPSA) is 95.0 Å². The molecule has 3 heterocycles. The third-order valence-electron chi connectivity index (χ3n) is 2.96. The highest BCUT2D eigenvalue weighted by Crippen LogP contribution is 2.28. The van der Waals surface area contributed by atoms with Crippen molar-refractivity contribution >= 4 is 34.5 Å². The Hall–Kier alpha value is -1.73. The first-order valence-corrected chi connectivity index (χ1v) is 5.84. The monoisotopic (exact) mass is 267 g/mol. The normalized spacial score (nSPS) is 20.0. The molecule has 2 N–H and O–H groups in total. The predicted molar refractivity (Wildman–Crippen MR) is 64.2 cm³/mol. The van der Waals surface area contributed by atoms with E-state index in [2.05, 4.69) is 19.9 Å². The van der Waals surface area contributed by atoms with Gasteiger partial charge in [-0.3, -0.25) is 9.69 Å². The quantitative estimate of drug-likeness (QED) is 0.766. The van der Waals surface area contributed by atoms with E-state index in [9.17, 15) is 4.79 Å². The highest BCUT2D eigenvalue weighted by atomic mass is 35.5. The Balaban J connectivity index is 2.09. The van der Waals surface area contributed by atoms with Gasteiger partial charge in [-0.1, -0.05) is 0 Å². The molecule has 1 aliphatic heterocycles. The molecule has 0 aliphatic carbocycles. The number of nitrogens with one attached hydrogen (secondary N) is 1. The van der Waals surface area contributed by atoms with Crippen LogP contribution in [-0.4, -0.2) is 44.1 Å². The maximum atomic E-state index is 11.9. The van der Waals surface area contributed by atoms with Crippen molar-refractivity contribution in [3.8, 4) is 0 Å². The van der Waals surface area contributed by atoms with Crippen molar-refractivity contribution in [3.05, 3.63) is 11.6 Å². The molecular weight excluding hydrogens is 258 g/mol. The molecule has 0 bridgehead atoms. The average Bonchev–Trinajstić information content (AvgIpc) is 2.94. The Morgan fingerprint density at radius 3 is 3.11 bits per heavy atom. The molecule has 1 aliphatic rings. The fourth-order valence-electron chi connectivity index (χ4n) is 2.10. The van der Waals surface area contributed by atoms with Crippen molar-refractivity contribution in [2.45, 2.75) is 6.42 Å². The van der Waals surface area contributed by atoms with Gasteiger partial charge in [-0.15, -0.1) is 0 Å². The Morgan fingerprint density at radius 2 is 2.39 bits per heavy atom. The van der Waals surface area contributed by atoms with Crippen molar-refractivity contribution < 1.29 is 9.90 Å². The summed E-state index contributed by atoms with van der Waals surface area (Å²) >= 11 is 5.81. The van der Waals surface area contributed by atoms with Gasteiger partial charge >= 0.3 is 0 Å². The number of aromatic nitrogens is 4. The van der Waals surface area contributed by atoms with E-state index in [0.717, 1.165) is 0 Å². The minimum Gasteiger partial charge on any atom is -0.396 e. The zero-order valence-corrected chi connectivity index (χ0v) is 10.1. The number of amides is 1. The van der Waals surface area contributed by atoms with Crippen molar-refractivity contribution in [1.82, 2.24) is 19.9 Å². The maximum Gasteiger partial charge on any atom is 0.228 e. The van der Waals surface area contributed by atoms with E-state index < -0.39 is 0 Å². The Morgan fingerprint density at radius 1 is 1.56 bits per heavy atom. The molecular formula is C10H10ClN5O2. The predicted octanol–water partition coefficient (Wildman–Crippen LogP) is 0.351. The second kappa shape index (κ2) is 4.18. The summed E-state index contributed by atoms with van der Waals surface area (Å²) in [6.45, 7) is 0.407. The minimum absolute atomic E-state index is 0.0207.